The van der Waals surface area contributed by atoms with E-state index in [9.17, 15) is 4.79 Å². The van der Waals surface area contributed by atoms with Crippen molar-refractivity contribution in [1.29, 1.82) is 0 Å². The number of hydrogen-bond donors (Lipinski definition) is 2. The predicted octanol–water partition coefficient (Wildman–Crippen LogP) is 2.04. The molecule has 0 unspecified atom stereocenters. The van der Waals surface area contributed by atoms with Crippen molar-refractivity contribution >= 4 is 5.97 Å². The van der Waals surface area contributed by atoms with Gasteiger partial charge in [0.2, 0.25) is 0 Å². The van der Waals surface area contributed by atoms with Gasteiger partial charge in [0.1, 0.15) is 11.8 Å². The lowest BCUT2D eigenvalue weighted by Crippen LogP contribution is -2.33. The van der Waals surface area contributed by atoms with Crippen LogP contribution in [-0.2, 0) is 11.3 Å². The zero-order chi connectivity index (χ0) is 12.7. The number of carboxylic acid groups (broad SMARTS) is 1. The quantitative estimate of drug-likeness (QED) is 0.762. The van der Waals surface area contributed by atoms with Crippen molar-refractivity contribution in [2.75, 3.05) is 6.61 Å². The van der Waals surface area contributed by atoms with Gasteiger partial charge in [0.25, 0.3) is 0 Å². The standard InChI is InChI=1S/C13H19NO3/c1-3-7-17-12-6-4-5-11(8-12)9-14-10(2)13(15)16/h4-6,8,10,14H,3,7,9H2,1-2H3,(H,15,16)/t10-/m1/s1. The highest BCUT2D eigenvalue weighted by Crippen LogP contribution is 2.13. The molecule has 0 aliphatic carbocycles. The van der Waals surface area contributed by atoms with Crippen molar-refractivity contribution in [3.63, 3.8) is 0 Å². The molecule has 4 heteroatoms. The Kier molecular flexibility index (Phi) is 5.49. The molecule has 0 aliphatic heterocycles. The predicted molar refractivity (Wildman–Crippen MR) is 66.2 cm³/mol. The fraction of sp³-hybridized carbons (Fsp3) is 0.462. The molecule has 94 valence electrons. The summed E-state index contributed by atoms with van der Waals surface area (Å²) in [6.07, 6.45) is 0.971. The molecule has 1 aromatic carbocycles. The highest BCUT2D eigenvalue weighted by atomic mass is 16.5. The van der Waals surface area contributed by atoms with Gasteiger partial charge in [-0.15, -0.1) is 0 Å². The maximum Gasteiger partial charge on any atom is 0.320 e. The molecule has 0 amide bonds. The van der Waals surface area contributed by atoms with Gasteiger partial charge < -0.3 is 15.2 Å². The molecule has 0 bridgehead atoms. The van der Waals surface area contributed by atoms with Gasteiger partial charge in [0, 0.05) is 6.54 Å². The molecule has 0 aromatic heterocycles. The molecule has 0 saturated heterocycles. The van der Waals surface area contributed by atoms with E-state index >= 15 is 0 Å². The Labute approximate surface area is 102 Å². The summed E-state index contributed by atoms with van der Waals surface area (Å²) in [6, 6.07) is 7.14. The molecule has 4 nitrogen and oxygen atoms in total. The van der Waals surface area contributed by atoms with Gasteiger partial charge in [-0.05, 0) is 31.0 Å². The van der Waals surface area contributed by atoms with Crippen molar-refractivity contribution in [2.45, 2.75) is 32.9 Å². The third kappa shape index (κ3) is 4.87. The largest absolute Gasteiger partial charge is 0.494 e. The van der Waals surface area contributed by atoms with E-state index in [0.717, 1.165) is 17.7 Å². The average molecular weight is 237 g/mol. The smallest absolute Gasteiger partial charge is 0.320 e. The number of carboxylic acids is 1. The van der Waals surface area contributed by atoms with Crippen molar-refractivity contribution in [3.8, 4) is 5.75 Å². The molecule has 2 N–H and O–H groups in total. The highest BCUT2D eigenvalue weighted by molar-refractivity contribution is 5.72. The normalized spacial score (nSPS) is 12.1. The van der Waals surface area contributed by atoms with Crippen LogP contribution in [0.1, 0.15) is 25.8 Å². The van der Waals surface area contributed by atoms with Gasteiger partial charge in [0.15, 0.2) is 0 Å². The highest BCUT2D eigenvalue weighted by Gasteiger charge is 2.09. The van der Waals surface area contributed by atoms with Crippen LogP contribution in [0.25, 0.3) is 0 Å². The van der Waals surface area contributed by atoms with Crippen LogP contribution in [0.15, 0.2) is 24.3 Å². The topological polar surface area (TPSA) is 58.6 Å². The third-order valence-electron chi connectivity index (χ3n) is 2.35. The van der Waals surface area contributed by atoms with E-state index in [1.807, 2.05) is 24.3 Å². The molecule has 1 rings (SSSR count). The number of ether oxygens (including phenoxy) is 1. The van der Waals surface area contributed by atoms with Crippen molar-refractivity contribution in [2.24, 2.45) is 0 Å². The second-order valence-electron chi connectivity index (χ2n) is 3.94. The monoisotopic (exact) mass is 237 g/mol. The van der Waals surface area contributed by atoms with Crippen LogP contribution in [0, 0.1) is 0 Å². The summed E-state index contributed by atoms with van der Waals surface area (Å²) in [4.78, 5) is 10.6. The van der Waals surface area contributed by atoms with E-state index in [2.05, 4.69) is 12.2 Å². The molecule has 17 heavy (non-hydrogen) atoms. The Hall–Kier alpha value is -1.55. The first-order valence-corrected chi connectivity index (χ1v) is 5.81. The third-order valence-corrected chi connectivity index (χ3v) is 2.35. The minimum absolute atomic E-state index is 0.525. The Morgan fingerprint density at radius 1 is 1.53 bits per heavy atom. The molecule has 0 fully saturated rings. The summed E-state index contributed by atoms with van der Waals surface area (Å²) in [5.74, 6) is -0.0162. The lowest BCUT2D eigenvalue weighted by atomic mass is 10.2. The molecule has 0 aliphatic rings. The minimum atomic E-state index is -0.844. The van der Waals surface area contributed by atoms with Crippen LogP contribution >= 0.6 is 0 Å². The molecule has 0 heterocycles. The number of carbonyl (C=O) groups is 1. The van der Waals surface area contributed by atoms with E-state index in [1.54, 1.807) is 6.92 Å². The van der Waals surface area contributed by atoms with E-state index < -0.39 is 12.0 Å². The molecular formula is C13H19NO3. The van der Waals surface area contributed by atoms with Crippen LogP contribution in [0.3, 0.4) is 0 Å². The maximum atomic E-state index is 10.6. The molecule has 0 spiro atoms. The molecule has 0 saturated carbocycles. The van der Waals surface area contributed by atoms with Gasteiger partial charge in [-0.3, -0.25) is 4.79 Å². The van der Waals surface area contributed by atoms with E-state index in [-0.39, 0.29) is 0 Å². The van der Waals surface area contributed by atoms with E-state index in [1.165, 1.54) is 0 Å². The average Bonchev–Trinajstić information content (AvgIpc) is 2.33. The van der Waals surface area contributed by atoms with E-state index in [4.69, 9.17) is 9.84 Å². The van der Waals surface area contributed by atoms with Crippen LogP contribution in [-0.4, -0.2) is 23.7 Å². The van der Waals surface area contributed by atoms with Gasteiger partial charge >= 0.3 is 5.97 Å². The lowest BCUT2D eigenvalue weighted by molar-refractivity contribution is -0.139. The minimum Gasteiger partial charge on any atom is -0.494 e. The summed E-state index contributed by atoms with van der Waals surface area (Å²) in [5, 5.41) is 11.7. The zero-order valence-corrected chi connectivity index (χ0v) is 10.3. The molecule has 1 atom stereocenters. The van der Waals surface area contributed by atoms with Gasteiger partial charge in [-0.25, -0.2) is 0 Å². The second-order valence-corrected chi connectivity index (χ2v) is 3.94. The van der Waals surface area contributed by atoms with Gasteiger partial charge in [-0.2, -0.15) is 0 Å². The number of aliphatic carboxylic acids is 1. The first kappa shape index (κ1) is 13.5. The van der Waals surface area contributed by atoms with Crippen LogP contribution in [0.4, 0.5) is 0 Å². The van der Waals surface area contributed by atoms with Crippen LogP contribution in [0.5, 0.6) is 5.75 Å². The van der Waals surface area contributed by atoms with Crippen LogP contribution < -0.4 is 10.1 Å². The van der Waals surface area contributed by atoms with Crippen molar-refractivity contribution in [3.05, 3.63) is 29.8 Å². The summed E-state index contributed by atoms with van der Waals surface area (Å²) in [5.41, 5.74) is 1.02. The summed E-state index contributed by atoms with van der Waals surface area (Å²) >= 11 is 0. The number of hydrogen-bond acceptors (Lipinski definition) is 3. The Balaban J connectivity index is 2.50. The SMILES string of the molecule is CCCOc1cccc(CN[C@H](C)C(=O)O)c1. The fourth-order valence-corrected chi connectivity index (χ4v) is 1.32. The maximum absolute atomic E-state index is 10.6. The number of benzene rings is 1. The number of nitrogens with one attached hydrogen (secondary N) is 1. The molecule has 1 aromatic rings. The Morgan fingerprint density at radius 2 is 2.29 bits per heavy atom. The van der Waals surface area contributed by atoms with Gasteiger partial charge in [0.05, 0.1) is 6.61 Å². The molecule has 0 radical (unpaired) electrons. The Bertz CT molecular complexity index is 365. The summed E-state index contributed by atoms with van der Waals surface area (Å²) in [7, 11) is 0. The summed E-state index contributed by atoms with van der Waals surface area (Å²) in [6.45, 7) is 4.90. The Morgan fingerprint density at radius 3 is 2.94 bits per heavy atom. The van der Waals surface area contributed by atoms with E-state index in [0.29, 0.717) is 13.2 Å². The van der Waals surface area contributed by atoms with Crippen molar-refractivity contribution in [1.82, 2.24) is 5.32 Å². The first-order valence-electron chi connectivity index (χ1n) is 5.81. The number of rotatable bonds is 7. The van der Waals surface area contributed by atoms with Crippen molar-refractivity contribution < 1.29 is 14.6 Å². The zero-order valence-electron chi connectivity index (χ0n) is 10.3. The fourth-order valence-electron chi connectivity index (χ4n) is 1.32. The second kappa shape index (κ2) is 6.91. The molecular weight excluding hydrogens is 218 g/mol. The lowest BCUT2D eigenvalue weighted by Gasteiger charge is -2.10. The van der Waals surface area contributed by atoms with Gasteiger partial charge in [-0.1, -0.05) is 19.1 Å². The van der Waals surface area contributed by atoms with Crippen LogP contribution in [0.2, 0.25) is 0 Å². The first-order chi connectivity index (χ1) is 8.13. The summed E-state index contributed by atoms with van der Waals surface area (Å²) < 4.78 is 5.51.